The fourth-order valence-electron chi connectivity index (χ4n) is 3.23. The lowest BCUT2D eigenvalue weighted by atomic mass is 9.87. The lowest BCUT2D eigenvalue weighted by Gasteiger charge is -2.20. The first kappa shape index (κ1) is 21.6. The Labute approximate surface area is 169 Å². The van der Waals surface area contributed by atoms with Gasteiger partial charge in [-0.3, -0.25) is 0 Å². The molecule has 2 aromatic rings. The summed E-state index contributed by atoms with van der Waals surface area (Å²) in [5, 5.41) is 0. The molecule has 2 heterocycles. The second-order valence-corrected chi connectivity index (χ2v) is 9.94. The van der Waals surface area contributed by atoms with Gasteiger partial charge in [0.1, 0.15) is 5.82 Å². The highest BCUT2D eigenvalue weighted by Gasteiger charge is 2.32. The van der Waals surface area contributed by atoms with E-state index in [2.05, 4.69) is 30.5 Å². The molecule has 0 spiro atoms. The molecule has 1 aliphatic rings. The van der Waals surface area contributed by atoms with Crippen LogP contribution in [0.4, 0.5) is 19.0 Å². The molecule has 1 unspecified atom stereocenters. The van der Waals surface area contributed by atoms with E-state index in [9.17, 15) is 21.6 Å². The Balaban J connectivity index is 1.66. The number of nitrogens with zero attached hydrogens (tertiary/aromatic N) is 2. The van der Waals surface area contributed by atoms with Crippen LogP contribution in [0.15, 0.2) is 47.5 Å². The van der Waals surface area contributed by atoms with Gasteiger partial charge >= 0.3 is 6.18 Å². The lowest BCUT2D eigenvalue weighted by molar-refractivity contribution is -0.137. The highest BCUT2D eigenvalue weighted by atomic mass is 32.2. The Hall–Kier alpha value is -2.13. The van der Waals surface area contributed by atoms with Gasteiger partial charge in [-0.15, -0.1) is 0 Å². The first-order valence-corrected chi connectivity index (χ1v) is 10.8. The second-order valence-electron chi connectivity index (χ2n) is 8.23. The normalized spacial score (nSPS) is 18.3. The molecule has 1 aromatic heterocycles. The summed E-state index contributed by atoms with van der Waals surface area (Å²) in [6.07, 6.45) is -3.09. The Kier molecular flexibility index (Phi) is 5.66. The quantitative estimate of drug-likeness (QED) is 0.803. The van der Waals surface area contributed by atoms with E-state index in [4.69, 9.17) is 0 Å². The van der Waals surface area contributed by atoms with E-state index >= 15 is 0 Å². The van der Waals surface area contributed by atoms with Crippen molar-refractivity contribution in [3.8, 4) is 0 Å². The molecule has 1 aliphatic heterocycles. The minimum Gasteiger partial charge on any atom is -0.355 e. The second kappa shape index (κ2) is 7.60. The Bertz CT molecular complexity index is 950. The van der Waals surface area contributed by atoms with Crippen LogP contribution in [0, 0.1) is 0 Å². The first-order chi connectivity index (χ1) is 13.4. The Morgan fingerprint density at radius 1 is 1.03 bits per heavy atom. The maximum Gasteiger partial charge on any atom is 0.417 e. The van der Waals surface area contributed by atoms with Crippen LogP contribution in [0.1, 0.15) is 38.3 Å². The third kappa shape index (κ3) is 5.08. The molecule has 0 aliphatic carbocycles. The fourth-order valence-corrected chi connectivity index (χ4v) is 4.49. The maximum absolute atomic E-state index is 12.7. The van der Waals surface area contributed by atoms with Gasteiger partial charge in [0.15, 0.2) is 0 Å². The molecular weight excluding hydrogens is 403 g/mol. The number of benzene rings is 1. The number of nitrogens with one attached hydrogen (secondary N) is 1. The van der Waals surface area contributed by atoms with E-state index in [1.807, 2.05) is 12.1 Å². The molecule has 1 saturated heterocycles. The van der Waals surface area contributed by atoms with Crippen LogP contribution < -0.4 is 9.62 Å². The van der Waals surface area contributed by atoms with E-state index in [1.165, 1.54) is 6.07 Å². The van der Waals surface area contributed by atoms with Crippen molar-refractivity contribution in [1.82, 2.24) is 9.71 Å². The molecule has 0 amide bonds. The molecule has 1 aromatic carbocycles. The molecular formula is C20H24F3N3O2S. The lowest BCUT2D eigenvalue weighted by Crippen LogP contribution is -2.37. The summed E-state index contributed by atoms with van der Waals surface area (Å²) >= 11 is 0. The largest absolute Gasteiger partial charge is 0.417 e. The topological polar surface area (TPSA) is 62.3 Å². The van der Waals surface area contributed by atoms with E-state index in [1.54, 1.807) is 17.0 Å². The number of aromatic nitrogens is 1. The molecule has 1 fully saturated rings. The third-order valence-corrected chi connectivity index (χ3v) is 6.48. The van der Waals surface area contributed by atoms with Gasteiger partial charge in [0.2, 0.25) is 10.0 Å². The molecule has 0 saturated carbocycles. The zero-order valence-corrected chi connectivity index (χ0v) is 17.3. The molecule has 1 atom stereocenters. The van der Waals surface area contributed by atoms with Crippen LogP contribution in [0.25, 0.3) is 0 Å². The molecule has 5 nitrogen and oxygen atoms in total. The minimum absolute atomic E-state index is 0.0731. The van der Waals surface area contributed by atoms with Gasteiger partial charge in [-0.25, -0.2) is 18.1 Å². The smallest absolute Gasteiger partial charge is 0.355 e. The number of rotatable bonds is 4. The molecule has 158 valence electrons. The summed E-state index contributed by atoms with van der Waals surface area (Å²) in [6, 6.07) is 8.75. The van der Waals surface area contributed by atoms with Crippen LogP contribution in [-0.2, 0) is 21.6 Å². The van der Waals surface area contributed by atoms with Crippen molar-refractivity contribution < 1.29 is 21.6 Å². The van der Waals surface area contributed by atoms with Crippen molar-refractivity contribution >= 4 is 15.8 Å². The zero-order chi connectivity index (χ0) is 21.4. The van der Waals surface area contributed by atoms with Crippen molar-refractivity contribution in [1.29, 1.82) is 0 Å². The molecule has 9 heteroatoms. The van der Waals surface area contributed by atoms with Crippen LogP contribution >= 0.6 is 0 Å². The molecule has 0 bridgehead atoms. The van der Waals surface area contributed by atoms with Crippen molar-refractivity contribution in [2.24, 2.45) is 0 Å². The summed E-state index contributed by atoms with van der Waals surface area (Å²) in [4.78, 5) is 5.84. The standard InChI is InChI=1S/C20H24F3N3O2S/c1-19(2,3)14-4-7-17(8-5-14)29(27,28)25-16-10-11-26(13-16)18-9-6-15(12-24-18)20(21,22)23/h4-9,12,16,25H,10-11,13H2,1-3H3. The van der Waals surface area contributed by atoms with Crippen LogP contribution in [0.3, 0.4) is 0 Å². The van der Waals surface area contributed by atoms with E-state index in [0.717, 1.165) is 17.8 Å². The fraction of sp³-hybridized carbons (Fsp3) is 0.450. The number of sulfonamides is 1. The summed E-state index contributed by atoms with van der Waals surface area (Å²) < 4.78 is 66.0. The van der Waals surface area contributed by atoms with Gasteiger partial charge < -0.3 is 4.90 Å². The first-order valence-electron chi connectivity index (χ1n) is 9.27. The van der Waals surface area contributed by atoms with E-state index in [-0.39, 0.29) is 16.4 Å². The number of halogens is 3. The number of pyridine rings is 1. The molecule has 29 heavy (non-hydrogen) atoms. The van der Waals surface area contributed by atoms with Crippen molar-refractivity contribution in [3.05, 3.63) is 53.7 Å². The van der Waals surface area contributed by atoms with Gasteiger partial charge in [-0.05, 0) is 41.7 Å². The monoisotopic (exact) mass is 427 g/mol. The van der Waals surface area contributed by atoms with Gasteiger partial charge in [0.25, 0.3) is 0 Å². The highest BCUT2D eigenvalue weighted by molar-refractivity contribution is 7.89. The predicted octanol–water partition coefficient (Wildman–Crippen LogP) is 3.96. The van der Waals surface area contributed by atoms with Crippen molar-refractivity contribution in [2.75, 3.05) is 18.0 Å². The number of hydrogen-bond acceptors (Lipinski definition) is 4. The van der Waals surface area contributed by atoms with E-state index < -0.39 is 21.8 Å². The molecule has 3 rings (SSSR count). The van der Waals surface area contributed by atoms with Crippen LogP contribution in [0.2, 0.25) is 0 Å². The average molecular weight is 427 g/mol. The maximum atomic E-state index is 12.7. The SMILES string of the molecule is CC(C)(C)c1ccc(S(=O)(=O)NC2CCN(c3ccc(C(F)(F)F)cn3)C2)cc1. The van der Waals surface area contributed by atoms with Crippen LogP contribution in [0.5, 0.6) is 0 Å². The number of alkyl halides is 3. The van der Waals surface area contributed by atoms with Gasteiger partial charge in [0, 0.05) is 25.3 Å². The van der Waals surface area contributed by atoms with Crippen molar-refractivity contribution in [2.45, 2.75) is 49.7 Å². The summed E-state index contributed by atoms with van der Waals surface area (Å²) in [6.45, 7) is 7.01. The van der Waals surface area contributed by atoms with Gasteiger partial charge in [0.05, 0.1) is 10.5 Å². The van der Waals surface area contributed by atoms with Crippen LogP contribution in [-0.4, -0.2) is 32.5 Å². The molecule has 0 radical (unpaired) electrons. The Morgan fingerprint density at radius 3 is 2.17 bits per heavy atom. The Morgan fingerprint density at radius 2 is 1.66 bits per heavy atom. The summed E-state index contributed by atoms with van der Waals surface area (Å²) in [5.41, 5.74) is 0.157. The van der Waals surface area contributed by atoms with Gasteiger partial charge in [-0.2, -0.15) is 13.2 Å². The average Bonchev–Trinajstić information content (AvgIpc) is 3.08. The van der Waals surface area contributed by atoms with Gasteiger partial charge in [-0.1, -0.05) is 32.9 Å². The third-order valence-electron chi connectivity index (χ3n) is 4.94. The number of anilines is 1. The zero-order valence-electron chi connectivity index (χ0n) is 16.5. The molecule has 1 N–H and O–H groups in total. The highest BCUT2D eigenvalue weighted by Crippen LogP contribution is 2.30. The summed E-state index contributed by atoms with van der Waals surface area (Å²) in [5.74, 6) is 0.397. The predicted molar refractivity (Wildman–Crippen MR) is 105 cm³/mol. The summed E-state index contributed by atoms with van der Waals surface area (Å²) in [7, 11) is -3.68. The van der Waals surface area contributed by atoms with E-state index in [0.29, 0.717) is 25.3 Å². The number of hydrogen-bond donors (Lipinski definition) is 1. The minimum atomic E-state index is -4.43. The van der Waals surface area contributed by atoms with Crippen molar-refractivity contribution in [3.63, 3.8) is 0 Å².